The first kappa shape index (κ1) is 17.5. The smallest absolute Gasteiger partial charge is 0.290 e. The molecule has 132 valence electrons. The Bertz CT molecular complexity index is 871. The molecule has 10 heteroatoms. The molecule has 2 heterocycles. The number of thioether (sulfide) groups is 1. The summed E-state index contributed by atoms with van der Waals surface area (Å²) >= 11 is 0.790. The third kappa shape index (κ3) is 4.63. The van der Waals surface area contributed by atoms with Gasteiger partial charge in [0.15, 0.2) is 5.82 Å². The van der Waals surface area contributed by atoms with Gasteiger partial charge in [0.2, 0.25) is 5.95 Å². The van der Waals surface area contributed by atoms with Gasteiger partial charge in [-0.15, -0.1) is 0 Å². The Balaban J connectivity index is 1.51. The average Bonchev–Trinajstić information content (AvgIpc) is 2.96. The largest absolute Gasteiger partial charge is 0.352 e. The van der Waals surface area contributed by atoms with Crippen molar-refractivity contribution in [2.24, 2.45) is 0 Å². The Kier molecular flexibility index (Phi) is 5.54. The summed E-state index contributed by atoms with van der Waals surface area (Å²) in [6.07, 6.45) is 2.71. The summed E-state index contributed by atoms with van der Waals surface area (Å²) in [7, 11) is 0. The fourth-order valence-corrected chi connectivity index (χ4v) is 2.70. The summed E-state index contributed by atoms with van der Waals surface area (Å²) < 4.78 is 0. The Morgan fingerprint density at radius 1 is 1.15 bits per heavy atom. The Morgan fingerprint density at radius 2 is 1.96 bits per heavy atom. The minimum absolute atomic E-state index is 0.164. The summed E-state index contributed by atoms with van der Waals surface area (Å²) in [5, 5.41) is 7.46. The Morgan fingerprint density at radius 3 is 2.69 bits per heavy atom. The molecule has 1 fully saturated rings. The van der Waals surface area contributed by atoms with Gasteiger partial charge in [0.1, 0.15) is 6.33 Å². The van der Waals surface area contributed by atoms with Gasteiger partial charge >= 0.3 is 0 Å². The van der Waals surface area contributed by atoms with Crippen LogP contribution >= 0.6 is 11.8 Å². The van der Waals surface area contributed by atoms with E-state index in [1.807, 2.05) is 6.07 Å². The minimum atomic E-state index is -0.474. The van der Waals surface area contributed by atoms with Gasteiger partial charge in [-0.05, 0) is 23.9 Å². The number of aromatic nitrogens is 3. The molecule has 1 aromatic carbocycles. The quantitative estimate of drug-likeness (QED) is 0.509. The monoisotopic (exact) mass is 370 g/mol. The molecule has 9 nitrogen and oxygen atoms in total. The molecular formula is C16H14N6O3S. The van der Waals surface area contributed by atoms with Crippen LogP contribution < -0.4 is 16.0 Å². The van der Waals surface area contributed by atoms with Crippen molar-refractivity contribution in [1.29, 1.82) is 0 Å². The average molecular weight is 370 g/mol. The van der Waals surface area contributed by atoms with E-state index in [1.54, 1.807) is 24.3 Å². The number of nitrogens with zero attached hydrogens (tertiary/aromatic N) is 3. The predicted octanol–water partition coefficient (Wildman–Crippen LogP) is 1.04. The van der Waals surface area contributed by atoms with E-state index < -0.39 is 11.1 Å². The zero-order valence-corrected chi connectivity index (χ0v) is 14.2. The molecule has 3 amide bonds. The summed E-state index contributed by atoms with van der Waals surface area (Å²) in [6, 6.07) is 8.90. The van der Waals surface area contributed by atoms with Crippen LogP contribution in [0, 0.1) is 0 Å². The molecule has 1 aliphatic heterocycles. The molecule has 0 atom stereocenters. The lowest BCUT2D eigenvalue weighted by Crippen LogP contribution is -2.29. The van der Waals surface area contributed by atoms with Gasteiger partial charge in [-0.2, -0.15) is 4.98 Å². The van der Waals surface area contributed by atoms with E-state index in [0.29, 0.717) is 24.6 Å². The van der Waals surface area contributed by atoms with Crippen LogP contribution in [0.25, 0.3) is 6.08 Å². The van der Waals surface area contributed by atoms with E-state index in [1.165, 1.54) is 12.4 Å². The van der Waals surface area contributed by atoms with Gasteiger partial charge in [-0.1, -0.05) is 18.2 Å². The number of hydrogen-bond donors (Lipinski definition) is 3. The lowest BCUT2D eigenvalue weighted by atomic mass is 10.2. The second-order valence-electron chi connectivity index (χ2n) is 5.07. The van der Waals surface area contributed by atoms with Crippen LogP contribution in [0.5, 0.6) is 0 Å². The number of carbonyl (C=O) groups excluding carboxylic acids is 3. The van der Waals surface area contributed by atoms with Gasteiger partial charge in [-0.3, -0.25) is 19.7 Å². The van der Waals surface area contributed by atoms with Gasteiger partial charge in [0, 0.05) is 24.7 Å². The zero-order valence-electron chi connectivity index (χ0n) is 13.4. The lowest BCUT2D eigenvalue weighted by Gasteiger charge is -2.07. The summed E-state index contributed by atoms with van der Waals surface area (Å²) in [4.78, 5) is 46.9. The van der Waals surface area contributed by atoms with Gasteiger partial charge in [0.25, 0.3) is 17.1 Å². The van der Waals surface area contributed by atoms with Crippen molar-refractivity contribution < 1.29 is 14.4 Å². The third-order valence-electron chi connectivity index (χ3n) is 3.22. The van der Waals surface area contributed by atoms with Crippen LogP contribution in [0.1, 0.15) is 16.2 Å². The molecule has 3 rings (SSSR count). The number of amides is 3. The first-order valence-electron chi connectivity index (χ1n) is 7.63. The van der Waals surface area contributed by atoms with E-state index in [2.05, 4.69) is 30.9 Å². The first-order chi connectivity index (χ1) is 12.6. The van der Waals surface area contributed by atoms with Crippen LogP contribution in [-0.4, -0.2) is 45.1 Å². The molecule has 0 saturated carbocycles. The number of benzene rings is 1. The van der Waals surface area contributed by atoms with Crippen molar-refractivity contribution in [1.82, 2.24) is 25.6 Å². The lowest BCUT2D eigenvalue weighted by molar-refractivity contribution is -0.115. The fourth-order valence-electron chi connectivity index (χ4n) is 2.04. The zero-order chi connectivity index (χ0) is 18.4. The molecule has 0 bridgehead atoms. The highest BCUT2D eigenvalue weighted by Gasteiger charge is 2.25. The minimum Gasteiger partial charge on any atom is -0.352 e. The second kappa shape index (κ2) is 8.21. The molecule has 0 radical (unpaired) electrons. The maximum atomic E-state index is 11.9. The topological polar surface area (TPSA) is 126 Å². The standard InChI is InChI=1S/C16H14N6O3S/c23-13(10-4-2-1-3-5-10)17-6-7-18-15-20-9-19-12(21-15)8-11-14(24)22-16(25)26-11/h1-5,8-9H,6-7H2,(H,17,23)(H,22,24,25)(H,18,19,20,21)/b11-8+. The number of rotatable bonds is 6. The maximum Gasteiger partial charge on any atom is 0.290 e. The van der Waals surface area contributed by atoms with Crippen molar-refractivity contribution in [2.75, 3.05) is 18.4 Å². The van der Waals surface area contributed by atoms with E-state index >= 15 is 0 Å². The first-order valence-corrected chi connectivity index (χ1v) is 8.44. The molecule has 1 aromatic heterocycles. The fraction of sp³-hybridized carbons (Fsp3) is 0.125. The van der Waals surface area contributed by atoms with Crippen LogP contribution in [0.4, 0.5) is 10.7 Å². The summed E-state index contributed by atoms with van der Waals surface area (Å²) in [5.41, 5.74) is 0.587. The predicted molar refractivity (Wildman–Crippen MR) is 96.2 cm³/mol. The highest BCUT2D eigenvalue weighted by atomic mass is 32.2. The number of hydrogen-bond acceptors (Lipinski definition) is 8. The van der Waals surface area contributed by atoms with E-state index in [4.69, 9.17) is 0 Å². The van der Waals surface area contributed by atoms with Gasteiger partial charge in [-0.25, -0.2) is 9.97 Å². The third-order valence-corrected chi connectivity index (χ3v) is 4.03. The highest BCUT2D eigenvalue weighted by molar-refractivity contribution is 8.18. The molecular weight excluding hydrogens is 356 g/mol. The van der Waals surface area contributed by atoms with E-state index in [0.717, 1.165) is 11.8 Å². The van der Waals surface area contributed by atoms with Crippen molar-refractivity contribution in [3.05, 3.63) is 53.0 Å². The van der Waals surface area contributed by atoms with Crippen molar-refractivity contribution in [2.45, 2.75) is 0 Å². The molecule has 26 heavy (non-hydrogen) atoms. The number of imide groups is 1. The van der Waals surface area contributed by atoms with E-state index in [9.17, 15) is 14.4 Å². The van der Waals surface area contributed by atoms with Crippen LogP contribution in [0.15, 0.2) is 41.6 Å². The maximum absolute atomic E-state index is 11.9. The van der Waals surface area contributed by atoms with Gasteiger partial charge < -0.3 is 10.6 Å². The van der Waals surface area contributed by atoms with Crippen molar-refractivity contribution >= 4 is 40.8 Å². The SMILES string of the molecule is O=C1NC(=O)/C(=C\c2ncnc(NCCNC(=O)c3ccccc3)n2)S1. The second-order valence-corrected chi connectivity index (χ2v) is 6.08. The van der Waals surface area contributed by atoms with Gasteiger partial charge in [0.05, 0.1) is 4.91 Å². The van der Waals surface area contributed by atoms with Crippen molar-refractivity contribution in [3.8, 4) is 0 Å². The highest BCUT2D eigenvalue weighted by Crippen LogP contribution is 2.24. The van der Waals surface area contributed by atoms with Crippen LogP contribution in [0.3, 0.4) is 0 Å². The van der Waals surface area contributed by atoms with E-state index in [-0.39, 0.29) is 16.6 Å². The Labute approximate surface area is 152 Å². The molecule has 1 saturated heterocycles. The van der Waals surface area contributed by atoms with Crippen LogP contribution in [0.2, 0.25) is 0 Å². The molecule has 0 aliphatic carbocycles. The molecule has 2 aromatic rings. The number of nitrogens with one attached hydrogen (secondary N) is 3. The summed E-state index contributed by atoms with van der Waals surface area (Å²) in [5.74, 6) is -0.0836. The van der Waals surface area contributed by atoms with Crippen LogP contribution in [-0.2, 0) is 4.79 Å². The molecule has 3 N–H and O–H groups in total. The molecule has 0 unspecified atom stereocenters. The molecule has 0 spiro atoms. The summed E-state index contributed by atoms with van der Waals surface area (Å²) in [6.45, 7) is 0.787. The Hall–Kier alpha value is -3.27. The van der Waals surface area contributed by atoms with Crippen molar-refractivity contribution in [3.63, 3.8) is 0 Å². The normalized spacial score (nSPS) is 15.0. The number of carbonyl (C=O) groups is 3. The molecule has 1 aliphatic rings. The number of anilines is 1.